The topological polar surface area (TPSA) is 168 Å². The van der Waals surface area contributed by atoms with E-state index < -0.39 is 38.4 Å². The smallest absolute Gasteiger partial charge is 0.261 e. The van der Waals surface area contributed by atoms with Gasteiger partial charge in [0, 0.05) is 22.6 Å². The second kappa shape index (κ2) is 11.6. The molecule has 13 heteroatoms. The Hall–Kier alpha value is -5.14. The summed E-state index contributed by atoms with van der Waals surface area (Å²) in [5, 5.41) is 6.10. The molecule has 0 aliphatic carbocycles. The third-order valence-electron chi connectivity index (χ3n) is 6.51. The summed E-state index contributed by atoms with van der Waals surface area (Å²) < 4.78 is 53.9. The van der Waals surface area contributed by atoms with E-state index in [1.54, 1.807) is 48.5 Å². The number of fused-ring (bicyclic) bond motifs is 1. The van der Waals surface area contributed by atoms with Gasteiger partial charge in [-0.05, 0) is 60.2 Å². The Morgan fingerprint density at radius 2 is 1.44 bits per heavy atom. The highest BCUT2D eigenvalue weighted by Crippen LogP contribution is 2.39. The van der Waals surface area contributed by atoms with Crippen LogP contribution in [0.3, 0.4) is 0 Å². The molecule has 1 aliphatic heterocycles. The molecule has 11 nitrogen and oxygen atoms in total. The van der Waals surface area contributed by atoms with Gasteiger partial charge in [0.2, 0.25) is 15.9 Å². The molecule has 0 radical (unpaired) electrons. The summed E-state index contributed by atoms with van der Waals surface area (Å²) in [6.45, 7) is -0.516. The predicted molar refractivity (Wildman–Crippen MR) is 167 cm³/mol. The van der Waals surface area contributed by atoms with E-state index in [0.29, 0.717) is 28.2 Å². The minimum atomic E-state index is -3.87. The molecule has 0 bridgehead atoms. The number of sulfonamides is 2. The fourth-order valence-corrected chi connectivity index (χ4v) is 6.51. The van der Waals surface area contributed by atoms with E-state index in [4.69, 9.17) is 5.73 Å². The molecule has 220 valence electrons. The van der Waals surface area contributed by atoms with E-state index in [0.717, 1.165) is 10.6 Å². The summed E-state index contributed by atoms with van der Waals surface area (Å²) >= 11 is 0. The van der Waals surface area contributed by atoms with Crippen molar-refractivity contribution in [3.05, 3.63) is 114 Å². The molecule has 5 rings (SSSR count). The first-order valence-corrected chi connectivity index (χ1v) is 16.2. The highest BCUT2D eigenvalue weighted by atomic mass is 32.2. The number of hydrogen-bond donors (Lipinski definition) is 4. The van der Waals surface area contributed by atoms with Crippen molar-refractivity contribution in [2.45, 2.75) is 4.90 Å². The monoisotopic (exact) mass is 617 g/mol. The lowest BCUT2D eigenvalue weighted by atomic mass is 9.99. The number of hydrogen-bond acceptors (Lipinski definition) is 7. The van der Waals surface area contributed by atoms with Crippen LogP contribution in [0, 0.1) is 0 Å². The molecular formula is C30H27N5O6S2. The Kier molecular flexibility index (Phi) is 7.93. The molecule has 0 fully saturated rings. The van der Waals surface area contributed by atoms with Gasteiger partial charge >= 0.3 is 0 Å². The summed E-state index contributed by atoms with van der Waals surface area (Å²) in [6, 6.07) is 28.0. The van der Waals surface area contributed by atoms with Crippen LogP contribution in [0.25, 0.3) is 11.3 Å². The summed E-state index contributed by atoms with van der Waals surface area (Å²) in [6.07, 6.45) is 0.977. The Balaban J connectivity index is 1.55. The molecule has 5 N–H and O–H groups in total. The van der Waals surface area contributed by atoms with Crippen molar-refractivity contribution in [3.63, 3.8) is 0 Å². The van der Waals surface area contributed by atoms with E-state index in [1.807, 2.05) is 30.3 Å². The molecule has 43 heavy (non-hydrogen) atoms. The van der Waals surface area contributed by atoms with Gasteiger partial charge in [-0.15, -0.1) is 0 Å². The third kappa shape index (κ3) is 6.52. The van der Waals surface area contributed by atoms with E-state index in [2.05, 4.69) is 15.4 Å². The minimum absolute atomic E-state index is 0.0980. The van der Waals surface area contributed by atoms with Crippen molar-refractivity contribution in [2.75, 3.05) is 32.5 Å². The summed E-state index contributed by atoms with van der Waals surface area (Å²) in [4.78, 5) is 24.9. The Morgan fingerprint density at radius 1 is 0.837 bits per heavy atom. The first-order chi connectivity index (χ1) is 20.4. The van der Waals surface area contributed by atoms with Gasteiger partial charge in [-0.1, -0.05) is 48.5 Å². The molecule has 0 atom stereocenters. The van der Waals surface area contributed by atoms with Crippen LogP contribution in [0.4, 0.5) is 22.7 Å². The number of benzene rings is 4. The highest BCUT2D eigenvalue weighted by molar-refractivity contribution is 7.92. The fourth-order valence-electron chi connectivity index (χ4n) is 4.57. The second-order valence-electron chi connectivity index (χ2n) is 9.66. The summed E-state index contributed by atoms with van der Waals surface area (Å²) in [5.74, 6) is -1.20. The zero-order valence-electron chi connectivity index (χ0n) is 22.8. The summed E-state index contributed by atoms with van der Waals surface area (Å²) in [5.41, 5.74) is 8.63. The lowest BCUT2D eigenvalue weighted by Gasteiger charge is -2.21. The fraction of sp³-hybridized carbons (Fsp3) is 0.0667. The van der Waals surface area contributed by atoms with Crippen molar-refractivity contribution in [1.29, 1.82) is 0 Å². The van der Waals surface area contributed by atoms with Gasteiger partial charge in [0.1, 0.15) is 6.54 Å². The molecule has 0 saturated carbocycles. The number of nitrogens with two attached hydrogens (primary N) is 1. The van der Waals surface area contributed by atoms with Crippen molar-refractivity contribution in [3.8, 4) is 0 Å². The number of primary amides is 1. The minimum Gasteiger partial charge on any atom is -0.368 e. The van der Waals surface area contributed by atoms with Crippen LogP contribution in [0.5, 0.6) is 0 Å². The SMILES string of the molecule is CS(=O)(=O)N(CC(N)=O)c1ccc(NC(=C2C(=O)Nc3ccc(NS(=O)(=O)c4ccccc4)cc32)c2ccccc2)cc1. The maximum Gasteiger partial charge on any atom is 0.261 e. The number of nitrogens with one attached hydrogen (secondary N) is 3. The van der Waals surface area contributed by atoms with Crippen LogP contribution in [0.1, 0.15) is 11.1 Å². The van der Waals surface area contributed by atoms with E-state index in [9.17, 15) is 26.4 Å². The lowest BCUT2D eigenvalue weighted by Crippen LogP contribution is -2.37. The average molecular weight is 618 g/mol. The first-order valence-electron chi connectivity index (χ1n) is 12.9. The Labute approximate surface area is 249 Å². The van der Waals surface area contributed by atoms with Crippen LogP contribution in [0.2, 0.25) is 0 Å². The van der Waals surface area contributed by atoms with Gasteiger partial charge in [-0.2, -0.15) is 0 Å². The standard InChI is InChI=1S/C30H27N5O6S2/c1-42(38,39)35(19-27(31)36)23-15-12-21(13-16-23)32-29(20-8-4-2-5-9-20)28-25-18-22(14-17-26(25)33-30(28)37)34-43(40,41)24-10-6-3-7-11-24/h2-18,32,34H,19H2,1H3,(H2,31,36)(H,33,37). The lowest BCUT2D eigenvalue weighted by molar-refractivity contribution is -0.116. The predicted octanol–water partition coefficient (Wildman–Crippen LogP) is 3.67. The number of rotatable bonds is 10. The van der Waals surface area contributed by atoms with Crippen LogP contribution in [-0.2, 0) is 29.6 Å². The van der Waals surface area contributed by atoms with Gasteiger partial charge in [-0.3, -0.25) is 18.6 Å². The first kappa shape index (κ1) is 29.4. The largest absolute Gasteiger partial charge is 0.368 e. The van der Waals surface area contributed by atoms with Gasteiger partial charge in [0.15, 0.2) is 0 Å². The van der Waals surface area contributed by atoms with Crippen molar-refractivity contribution in [2.24, 2.45) is 5.73 Å². The number of carbonyl (C=O) groups excluding carboxylic acids is 2. The maximum absolute atomic E-state index is 13.3. The molecule has 4 aromatic rings. The summed E-state index contributed by atoms with van der Waals surface area (Å²) in [7, 11) is -7.65. The van der Waals surface area contributed by atoms with Crippen LogP contribution < -0.4 is 25.4 Å². The van der Waals surface area contributed by atoms with Crippen molar-refractivity contribution in [1.82, 2.24) is 0 Å². The molecule has 0 aromatic heterocycles. The average Bonchev–Trinajstić information content (AvgIpc) is 3.30. The zero-order chi connectivity index (χ0) is 30.8. The van der Waals surface area contributed by atoms with Gasteiger partial charge in [0.05, 0.1) is 28.1 Å². The van der Waals surface area contributed by atoms with E-state index >= 15 is 0 Å². The molecule has 2 amide bonds. The van der Waals surface area contributed by atoms with E-state index in [-0.39, 0.29) is 21.8 Å². The van der Waals surface area contributed by atoms with Crippen molar-refractivity contribution < 1.29 is 26.4 Å². The third-order valence-corrected chi connectivity index (χ3v) is 9.04. The molecule has 1 aliphatic rings. The van der Waals surface area contributed by atoms with Crippen LogP contribution >= 0.6 is 0 Å². The van der Waals surface area contributed by atoms with Crippen molar-refractivity contribution >= 4 is 65.9 Å². The zero-order valence-corrected chi connectivity index (χ0v) is 24.4. The van der Waals surface area contributed by atoms with Gasteiger partial charge in [-0.25, -0.2) is 16.8 Å². The number of anilines is 4. The maximum atomic E-state index is 13.3. The van der Waals surface area contributed by atoms with Gasteiger partial charge < -0.3 is 16.4 Å². The second-order valence-corrected chi connectivity index (χ2v) is 13.2. The number of carbonyl (C=O) groups is 2. The van der Waals surface area contributed by atoms with E-state index in [1.165, 1.54) is 24.3 Å². The Bertz CT molecular complexity index is 1950. The molecule has 0 unspecified atom stereocenters. The van der Waals surface area contributed by atoms with Gasteiger partial charge in [0.25, 0.3) is 15.9 Å². The number of amides is 2. The molecular weight excluding hydrogens is 590 g/mol. The molecule has 1 heterocycles. The van der Waals surface area contributed by atoms with Crippen LogP contribution in [0.15, 0.2) is 108 Å². The highest BCUT2D eigenvalue weighted by Gasteiger charge is 2.29. The quantitative estimate of drug-likeness (QED) is 0.197. The van der Waals surface area contributed by atoms with Crippen LogP contribution in [-0.4, -0.2) is 41.5 Å². The molecule has 4 aromatic carbocycles. The normalized spacial score (nSPS) is 13.9. The number of nitrogens with zero attached hydrogens (tertiary/aromatic N) is 1. The molecule has 0 spiro atoms. The molecule has 0 saturated heterocycles. The Morgan fingerprint density at radius 3 is 2.05 bits per heavy atom.